The highest BCUT2D eigenvalue weighted by Gasteiger charge is 2.31. The number of amides is 2. The van der Waals surface area contributed by atoms with Crippen LogP contribution in [-0.4, -0.2) is 52.2 Å². The summed E-state index contributed by atoms with van der Waals surface area (Å²) in [6, 6.07) is 0. The summed E-state index contributed by atoms with van der Waals surface area (Å²) in [4.78, 5) is 23.3. The first-order valence-corrected chi connectivity index (χ1v) is 4.61. The summed E-state index contributed by atoms with van der Waals surface area (Å²) in [6.07, 6.45) is -0.878. The summed E-state index contributed by atoms with van der Waals surface area (Å²) in [5.41, 5.74) is 4.76. The summed E-state index contributed by atoms with van der Waals surface area (Å²) in [6.45, 7) is 7.23. The topological polar surface area (TPSA) is 104 Å². The van der Waals surface area contributed by atoms with Gasteiger partial charge >= 0.3 is 0 Å². The second kappa shape index (κ2) is 6.76. The van der Waals surface area contributed by atoms with Crippen LogP contribution >= 0.6 is 0 Å². The Labute approximate surface area is 93.7 Å². The maximum absolute atomic E-state index is 11.6. The molecule has 6 nitrogen and oxygen atoms in total. The first-order valence-electron chi connectivity index (χ1n) is 4.61. The lowest BCUT2D eigenvalue weighted by atomic mass is 10.1. The molecule has 90 valence electrons. The van der Waals surface area contributed by atoms with E-state index in [4.69, 9.17) is 10.8 Å². The van der Waals surface area contributed by atoms with E-state index in [0.29, 0.717) is 0 Å². The number of hydrogen-bond acceptors (Lipinski definition) is 4. The van der Waals surface area contributed by atoms with E-state index in [9.17, 15) is 14.7 Å². The maximum Gasteiger partial charge on any atom is 0.255 e. The van der Waals surface area contributed by atoms with Crippen LogP contribution in [0.1, 0.15) is 0 Å². The monoisotopic (exact) mass is 228 g/mol. The highest BCUT2D eigenvalue weighted by atomic mass is 16.3. The lowest BCUT2D eigenvalue weighted by Gasteiger charge is -2.23. The van der Waals surface area contributed by atoms with E-state index in [0.717, 1.165) is 0 Å². The third-order valence-electron chi connectivity index (χ3n) is 1.85. The van der Waals surface area contributed by atoms with Crippen molar-refractivity contribution in [3.05, 3.63) is 25.3 Å². The van der Waals surface area contributed by atoms with Crippen LogP contribution < -0.4 is 5.73 Å². The van der Waals surface area contributed by atoms with Crippen LogP contribution in [0.5, 0.6) is 0 Å². The van der Waals surface area contributed by atoms with Crippen LogP contribution in [-0.2, 0) is 9.59 Å². The van der Waals surface area contributed by atoms with Crippen molar-refractivity contribution in [3.63, 3.8) is 0 Å². The van der Waals surface area contributed by atoms with Crippen molar-refractivity contribution in [3.8, 4) is 0 Å². The molecule has 0 fully saturated rings. The van der Waals surface area contributed by atoms with Gasteiger partial charge in [0.25, 0.3) is 5.91 Å². The Balaban J connectivity index is 4.64. The largest absolute Gasteiger partial charge is 0.380 e. The van der Waals surface area contributed by atoms with Crippen LogP contribution in [0, 0.1) is 0 Å². The van der Waals surface area contributed by atoms with Crippen molar-refractivity contribution < 1.29 is 19.8 Å². The van der Waals surface area contributed by atoms with Crippen LogP contribution in [0.3, 0.4) is 0 Å². The highest BCUT2D eigenvalue weighted by Crippen LogP contribution is 2.01. The average molecular weight is 228 g/mol. The Morgan fingerprint density at radius 2 is 1.62 bits per heavy atom. The lowest BCUT2D eigenvalue weighted by Crippen LogP contribution is -2.49. The molecule has 0 unspecified atom stereocenters. The molecule has 0 aromatic carbocycles. The van der Waals surface area contributed by atoms with Gasteiger partial charge in [-0.2, -0.15) is 0 Å². The lowest BCUT2D eigenvalue weighted by molar-refractivity contribution is -0.151. The van der Waals surface area contributed by atoms with Crippen molar-refractivity contribution in [2.75, 3.05) is 13.1 Å². The van der Waals surface area contributed by atoms with Crippen molar-refractivity contribution in [2.24, 2.45) is 5.73 Å². The van der Waals surface area contributed by atoms with E-state index < -0.39 is 24.0 Å². The third-order valence-corrected chi connectivity index (χ3v) is 1.85. The molecule has 0 saturated carbocycles. The minimum absolute atomic E-state index is 0.174. The van der Waals surface area contributed by atoms with Gasteiger partial charge in [-0.15, -0.1) is 13.2 Å². The number of hydrogen-bond donors (Lipinski definition) is 3. The van der Waals surface area contributed by atoms with E-state index in [-0.39, 0.29) is 13.1 Å². The number of nitrogens with zero attached hydrogens (tertiary/aromatic N) is 1. The number of carbonyl (C=O) groups excluding carboxylic acids is 2. The molecule has 0 radical (unpaired) electrons. The fraction of sp³-hybridized carbons (Fsp3) is 0.400. The van der Waals surface area contributed by atoms with Crippen molar-refractivity contribution >= 4 is 11.8 Å². The van der Waals surface area contributed by atoms with Gasteiger partial charge in [0.2, 0.25) is 5.91 Å². The van der Waals surface area contributed by atoms with Crippen molar-refractivity contribution in [2.45, 2.75) is 12.2 Å². The first kappa shape index (κ1) is 14.3. The molecule has 2 amide bonds. The molecule has 0 aliphatic carbocycles. The number of aliphatic hydroxyl groups excluding tert-OH is 2. The summed E-state index contributed by atoms with van der Waals surface area (Å²) >= 11 is 0. The molecule has 0 rings (SSSR count). The molecule has 4 N–H and O–H groups in total. The molecule has 0 saturated heterocycles. The second-order valence-corrected chi connectivity index (χ2v) is 3.11. The van der Waals surface area contributed by atoms with Crippen molar-refractivity contribution in [1.82, 2.24) is 4.90 Å². The van der Waals surface area contributed by atoms with Gasteiger partial charge in [-0.25, -0.2) is 0 Å². The third kappa shape index (κ3) is 3.84. The zero-order valence-electron chi connectivity index (χ0n) is 8.87. The predicted octanol–water partition coefficient (Wildman–Crippen LogP) is -1.61. The zero-order chi connectivity index (χ0) is 12.7. The van der Waals surface area contributed by atoms with Gasteiger partial charge in [0, 0.05) is 13.1 Å². The Kier molecular flexibility index (Phi) is 6.06. The number of nitrogens with two attached hydrogens (primary N) is 1. The molecule has 0 aliphatic heterocycles. The quantitative estimate of drug-likeness (QED) is 0.456. The van der Waals surface area contributed by atoms with Gasteiger partial charge in [0.1, 0.15) is 0 Å². The zero-order valence-corrected chi connectivity index (χ0v) is 8.87. The van der Waals surface area contributed by atoms with Crippen LogP contribution in [0.2, 0.25) is 0 Å². The number of rotatable bonds is 7. The van der Waals surface area contributed by atoms with E-state index in [2.05, 4.69) is 13.2 Å². The van der Waals surface area contributed by atoms with E-state index in [1.165, 1.54) is 17.1 Å². The minimum Gasteiger partial charge on any atom is -0.380 e. The predicted molar refractivity (Wildman–Crippen MR) is 58.2 cm³/mol. The van der Waals surface area contributed by atoms with Crippen LogP contribution in [0.15, 0.2) is 25.3 Å². The molecule has 0 aromatic rings. The number of primary amides is 1. The number of carbonyl (C=O) groups is 2. The average Bonchev–Trinajstić information content (AvgIpc) is 2.25. The van der Waals surface area contributed by atoms with E-state index in [1.807, 2.05) is 0 Å². The molecule has 0 spiro atoms. The molecule has 0 heterocycles. The Bertz CT molecular complexity index is 281. The standard InChI is InChI=1S/C10H16N2O4/c1-3-5-12(6-4-2)10(16)8(14)7(13)9(11)15/h3-4,7-8,13-14H,1-2,5-6H2,(H2,11,15)/t7-,8-/m0/s1. The minimum atomic E-state index is -1.91. The Morgan fingerprint density at radius 3 is 1.94 bits per heavy atom. The summed E-state index contributed by atoms with van der Waals surface area (Å²) in [5, 5.41) is 18.5. The summed E-state index contributed by atoms with van der Waals surface area (Å²) in [7, 11) is 0. The summed E-state index contributed by atoms with van der Waals surface area (Å²) in [5.74, 6) is -1.95. The molecule has 0 aliphatic rings. The normalized spacial score (nSPS) is 13.6. The fourth-order valence-electron chi connectivity index (χ4n) is 1.04. The van der Waals surface area contributed by atoms with Gasteiger partial charge in [0.15, 0.2) is 12.2 Å². The molecule has 2 atom stereocenters. The Hall–Kier alpha value is -1.66. The van der Waals surface area contributed by atoms with Gasteiger partial charge in [0.05, 0.1) is 0 Å². The van der Waals surface area contributed by atoms with Gasteiger partial charge in [-0.3, -0.25) is 9.59 Å². The summed E-state index contributed by atoms with van der Waals surface area (Å²) < 4.78 is 0. The second-order valence-electron chi connectivity index (χ2n) is 3.11. The smallest absolute Gasteiger partial charge is 0.255 e. The first-order chi connectivity index (χ1) is 7.45. The van der Waals surface area contributed by atoms with Crippen molar-refractivity contribution in [1.29, 1.82) is 0 Å². The SMILES string of the molecule is C=CCN(CC=C)C(=O)[C@@H](O)[C@H](O)C(N)=O. The number of aliphatic hydroxyl groups is 2. The fourth-order valence-corrected chi connectivity index (χ4v) is 1.04. The Morgan fingerprint density at radius 1 is 1.19 bits per heavy atom. The maximum atomic E-state index is 11.6. The van der Waals surface area contributed by atoms with Crippen LogP contribution in [0.25, 0.3) is 0 Å². The molecular formula is C10H16N2O4. The van der Waals surface area contributed by atoms with Crippen LogP contribution in [0.4, 0.5) is 0 Å². The van der Waals surface area contributed by atoms with Gasteiger partial charge in [-0.05, 0) is 0 Å². The van der Waals surface area contributed by atoms with E-state index >= 15 is 0 Å². The van der Waals surface area contributed by atoms with Gasteiger partial charge < -0.3 is 20.8 Å². The molecular weight excluding hydrogens is 212 g/mol. The molecule has 16 heavy (non-hydrogen) atoms. The van der Waals surface area contributed by atoms with E-state index in [1.54, 1.807) is 0 Å². The molecule has 0 bridgehead atoms. The van der Waals surface area contributed by atoms with Gasteiger partial charge in [-0.1, -0.05) is 12.2 Å². The molecule has 0 aromatic heterocycles. The highest BCUT2D eigenvalue weighted by molar-refractivity contribution is 5.90. The molecule has 6 heteroatoms.